The molecule has 0 aliphatic carbocycles. The van der Waals surface area contributed by atoms with Crippen LogP contribution in [0.1, 0.15) is 38.8 Å². The van der Waals surface area contributed by atoms with Crippen LogP contribution in [0.5, 0.6) is 0 Å². The van der Waals surface area contributed by atoms with E-state index in [-0.39, 0.29) is 53.2 Å². The maximum atomic E-state index is 13.8. The molecular weight excluding hydrogens is 1070 g/mol. The van der Waals surface area contributed by atoms with Crippen molar-refractivity contribution in [1.29, 1.82) is 0 Å². The van der Waals surface area contributed by atoms with Crippen molar-refractivity contribution in [2.24, 2.45) is 0 Å². The van der Waals surface area contributed by atoms with Gasteiger partial charge in [-0.05, 0) is 84.8 Å². The van der Waals surface area contributed by atoms with E-state index in [9.17, 15) is 92.2 Å². The fourth-order valence-corrected chi connectivity index (χ4v) is 11.2. The highest BCUT2D eigenvalue weighted by atomic mass is 32.2. The first-order chi connectivity index (χ1) is 32.6. The molecule has 0 unspecified atom stereocenters. The van der Waals surface area contributed by atoms with E-state index in [0.717, 1.165) is 24.3 Å². The van der Waals surface area contributed by atoms with Gasteiger partial charge >= 0.3 is 6.03 Å². The lowest BCUT2D eigenvalue weighted by Crippen LogP contribution is -2.22. The number of ether oxygens (including phenoxy) is 1. The lowest BCUT2D eigenvalue weighted by molar-refractivity contribution is 0.101. The van der Waals surface area contributed by atoms with Crippen molar-refractivity contribution in [1.82, 2.24) is 0 Å². The van der Waals surface area contributed by atoms with Crippen molar-refractivity contribution in [3.05, 3.63) is 107 Å². The Morgan fingerprint density at radius 1 is 0.437 bits per heavy atom. The van der Waals surface area contributed by atoms with Gasteiger partial charge in [-0.1, -0.05) is 19.1 Å². The van der Waals surface area contributed by atoms with Gasteiger partial charge in [-0.15, -0.1) is 0 Å². The van der Waals surface area contributed by atoms with Crippen LogP contribution in [0.15, 0.2) is 114 Å². The summed E-state index contributed by atoms with van der Waals surface area (Å²) in [5.74, 6) is -2.16. The van der Waals surface area contributed by atoms with Gasteiger partial charge in [-0.2, -0.15) is 50.5 Å². The van der Waals surface area contributed by atoms with Gasteiger partial charge in [-0.3, -0.25) is 36.9 Å². The Labute approximate surface area is 402 Å². The number of hydrogen-bond donors (Lipinski definition) is 10. The molecule has 32 heteroatoms. The average Bonchev–Trinajstić information content (AvgIpc) is 3.24. The SMILES string of the molecule is CCc1ccc(C(=O)Nc2ccc(S(=O)(=O)O)c3cc(S(=O)(=O)O)cc(S(=O)(=O)O)c23)cc1NC(=O)Nc1cc(C(=O)Nc2ccc(S(=O)(=O)O)c3cc(S(=O)(=O)O)cc(S(=O)(=O)O)c23)ccc1COC. The Hall–Kier alpha value is -6.53. The molecular formula is C39H34N4O22S6. The lowest BCUT2D eigenvalue weighted by Gasteiger charge is -2.17. The number of methoxy groups -OCH3 is 1. The monoisotopic (exact) mass is 1100 g/mol. The summed E-state index contributed by atoms with van der Waals surface area (Å²) in [6.07, 6.45) is 0.230. The highest BCUT2D eigenvalue weighted by Gasteiger charge is 2.30. The van der Waals surface area contributed by atoms with Crippen molar-refractivity contribution in [2.75, 3.05) is 28.4 Å². The minimum Gasteiger partial charge on any atom is -0.380 e. The number of benzene rings is 6. The van der Waals surface area contributed by atoms with E-state index in [0.29, 0.717) is 29.8 Å². The van der Waals surface area contributed by atoms with Gasteiger partial charge in [0, 0.05) is 56.7 Å². The van der Waals surface area contributed by atoms with Crippen molar-refractivity contribution in [2.45, 2.75) is 49.3 Å². The first-order valence-electron chi connectivity index (χ1n) is 19.2. The fourth-order valence-electron chi connectivity index (χ4n) is 7.07. The molecule has 0 spiro atoms. The van der Waals surface area contributed by atoms with Crippen LogP contribution in [0.4, 0.5) is 27.5 Å². The molecule has 6 rings (SSSR count). The summed E-state index contributed by atoms with van der Waals surface area (Å²) >= 11 is 0. The second-order valence-electron chi connectivity index (χ2n) is 14.8. The molecule has 4 amide bonds. The van der Waals surface area contributed by atoms with Gasteiger partial charge in [0.1, 0.15) is 19.6 Å². The van der Waals surface area contributed by atoms with Crippen LogP contribution in [0, 0.1) is 0 Å². The number of nitrogens with one attached hydrogen (secondary N) is 4. The molecule has 0 radical (unpaired) electrons. The molecule has 0 saturated carbocycles. The molecule has 378 valence electrons. The second kappa shape index (κ2) is 19.2. The van der Waals surface area contributed by atoms with Gasteiger partial charge in [0.2, 0.25) is 0 Å². The maximum Gasteiger partial charge on any atom is 0.323 e. The molecule has 26 nitrogen and oxygen atoms in total. The summed E-state index contributed by atoms with van der Waals surface area (Å²) in [6.45, 7) is 1.49. The molecule has 0 heterocycles. The number of fused-ring (bicyclic) bond motifs is 2. The van der Waals surface area contributed by atoms with Crippen LogP contribution in [0.2, 0.25) is 0 Å². The van der Waals surface area contributed by atoms with Crippen LogP contribution >= 0.6 is 0 Å². The van der Waals surface area contributed by atoms with E-state index in [4.69, 9.17) is 4.74 Å². The summed E-state index contributed by atoms with van der Waals surface area (Å²) in [5, 5.41) is 6.27. The van der Waals surface area contributed by atoms with E-state index < -0.39 is 141 Å². The smallest absolute Gasteiger partial charge is 0.323 e. The van der Waals surface area contributed by atoms with Crippen LogP contribution in [0.25, 0.3) is 21.5 Å². The first kappa shape index (κ1) is 53.8. The minimum atomic E-state index is -5.48. The third kappa shape index (κ3) is 11.8. The van der Waals surface area contributed by atoms with Crippen molar-refractivity contribution >= 4 is 123 Å². The topological polar surface area (TPSA) is 435 Å². The first-order valence-corrected chi connectivity index (χ1v) is 27.8. The van der Waals surface area contributed by atoms with E-state index in [2.05, 4.69) is 21.3 Å². The molecule has 6 aromatic carbocycles. The zero-order chi connectivity index (χ0) is 53.0. The zero-order valence-electron chi connectivity index (χ0n) is 35.7. The molecule has 0 saturated heterocycles. The van der Waals surface area contributed by atoms with Gasteiger partial charge in [0.25, 0.3) is 72.5 Å². The molecule has 10 N–H and O–H groups in total. The Balaban J connectivity index is 1.34. The normalized spacial score (nSPS) is 12.7. The van der Waals surface area contributed by atoms with Crippen LogP contribution in [0.3, 0.4) is 0 Å². The van der Waals surface area contributed by atoms with Crippen molar-refractivity contribution < 1.29 is 96.9 Å². The Morgan fingerprint density at radius 3 is 1.14 bits per heavy atom. The molecule has 0 fully saturated rings. The fraction of sp³-hybridized carbons (Fsp3) is 0.103. The third-order valence-corrected chi connectivity index (χ3v) is 15.4. The van der Waals surface area contributed by atoms with E-state index in [1.807, 2.05) is 0 Å². The number of rotatable bonds is 15. The number of amides is 4. The van der Waals surface area contributed by atoms with Gasteiger partial charge in [0.05, 0.1) is 27.8 Å². The minimum absolute atomic E-state index is 0.0187. The highest BCUT2D eigenvalue weighted by molar-refractivity contribution is 7.88. The average molecular weight is 1100 g/mol. The summed E-state index contributed by atoms with van der Waals surface area (Å²) < 4.78 is 211. The molecule has 0 bridgehead atoms. The van der Waals surface area contributed by atoms with Crippen LogP contribution < -0.4 is 21.3 Å². The predicted octanol–water partition coefficient (Wildman–Crippen LogP) is 4.33. The number of hydrogen-bond acceptors (Lipinski definition) is 16. The van der Waals surface area contributed by atoms with Crippen LogP contribution in [-0.4, -0.2) is 103 Å². The summed E-state index contributed by atoms with van der Waals surface area (Å²) in [6, 6.07) is 10.9. The van der Waals surface area contributed by atoms with E-state index in [1.165, 1.54) is 31.4 Å². The Bertz CT molecular complexity index is 4000. The molecule has 71 heavy (non-hydrogen) atoms. The molecule has 0 atom stereocenters. The summed E-state index contributed by atoms with van der Waals surface area (Å²) in [7, 11) is -30.7. The number of carbonyl (C=O) groups excluding carboxylic acids is 3. The van der Waals surface area contributed by atoms with Crippen molar-refractivity contribution in [3.8, 4) is 0 Å². The Kier molecular flexibility index (Phi) is 14.6. The summed E-state index contributed by atoms with van der Waals surface area (Å²) in [5.41, 5.74) is -1.12. The van der Waals surface area contributed by atoms with E-state index in [1.54, 1.807) is 6.92 Å². The molecule has 0 aliphatic heterocycles. The predicted molar refractivity (Wildman–Crippen MR) is 248 cm³/mol. The lowest BCUT2D eigenvalue weighted by atomic mass is 10.1. The quantitative estimate of drug-likeness (QED) is 0.0640. The second-order valence-corrected chi connectivity index (χ2v) is 23.2. The van der Waals surface area contributed by atoms with E-state index >= 15 is 0 Å². The molecule has 0 aromatic heterocycles. The van der Waals surface area contributed by atoms with Gasteiger partial charge < -0.3 is 26.0 Å². The highest BCUT2D eigenvalue weighted by Crippen LogP contribution is 2.39. The summed E-state index contributed by atoms with van der Waals surface area (Å²) in [4.78, 5) is 33.9. The van der Waals surface area contributed by atoms with Gasteiger partial charge in [0.15, 0.2) is 0 Å². The molecule has 0 aliphatic rings. The number of urea groups is 1. The number of carbonyl (C=O) groups is 3. The standard InChI is InChI=1S/C39H34N4O22S6/c1-3-19-4-5-20(37(44)40-27-8-10-31(68(53,54)55)25-14-23(66(47,48)49)16-33(35(25)27)70(59,60)61)12-29(19)42-39(46)43-30-13-21(6-7-22(30)18-65-2)38(45)41-28-9-11-32(69(56,57)58)26-15-24(67(50,51)52)17-34(36(26)28)71(62,63)64/h4-17H,3,18H2,1-2H3,(H,40,44)(H,41,45)(H2,42,43,46)(H,47,48,49)(H,50,51,52)(H,53,54,55)(H,56,57,58)(H,59,60,61)(H,62,63,64). The van der Waals surface area contributed by atoms with Gasteiger partial charge in [-0.25, -0.2) is 4.79 Å². The largest absolute Gasteiger partial charge is 0.380 e. The Morgan fingerprint density at radius 2 is 0.803 bits per heavy atom. The van der Waals surface area contributed by atoms with Crippen LogP contribution in [-0.2, 0) is 78.5 Å². The molecule has 6 aromatic rings. The number of aryl methyl sites for hydroxylation is 1. The number of anilines is 4. The third-order valence-electron chi connectivity index (χ3n) is 10.1. The zero-order valence-corrected chi connectivity index (χ0v) is 40.6. The maximum absolute atomic E-state index is 13.8. The van der Waals surface area contributed by atoms with Crippen molar-refractivity contribution in [3.63, 3.8) is 0 Å².